The highest BCUT2D eigenvalue weighted by molar-refractivity contribution is 5.90. The van der Waals surface area contributed by atoms with Crippen molar-refractivity contribution in [1.82, 2.24) is 19.4 Å². The number of piperidine rings is 1. The Balaban J connectivity index is 1.38. The molecule has 1 aliphatic rings. The number of fused-ring (bicyclic) bond motifs is 2. The van der Waals surface area contributed by atoms with Gasteiger partial charge in [0.1, 0.15) is 11.6 Å². The molecule has 2 aromatic heterocycles. The maximum atomic E-state index is 13.8. The van der Waals surface area contributed by atoms with Gasteiger partial charge >= 0.3 is 0 Å². The summed E-state index contributed by atoms with van der Waals surface area (Å²) in [5, 5.41) is 0.796. The zero-order valence-corrected chi connectivity index (χ0v) is 17.3. The van der Waals surface area contributed by atoms with Crippen LogP contribution in [0.4, 0.5) is 4.39 Å². The first kappa shape index (κ1) is 18.9. The van der Waals surface area contributed by atoms with Crippen molar-refractivity contribution < 1.29 is 9.18 Å². The van der Waals surface area contributed by atoms with E-state index in [-0.39, 0.29) is 24.1 Å². The lowest BCUT2D eigenvalue weighted by Crippen LogP contribution is -2.40. The summed E-state index contributed by atoms with van der Waals surface area (Å²) >= 11 is 0. The van der Waals surface area contributed by atoms with E-state index in [0.717, 1.165) is 58.4 Å². The lowest BCUT2D eigenvalue weighted by Gasteiger charge is -2.32. The molecule has 2 aromatic carbocycles. The highest BCUT2D eigenvalue weighted by Crippen LogP contribution is 2.30. The summed E-state index contributed by atoms with van der Waals surface area (Å²) in [5.74, 6) is 1.07. The van der Waals surface area contributed by atoms with Gasteiger partial charge in [-0.25, -0.2) is 9.37 Å². The first-order valence-electron chi connectivity index (χ1n) is 10.5. The Kier molecular flexibility index (Phi) is 4.57. The molecule has 6 heteroatoms. The van der Waals surface area contributed by atoms with Crippen LogP contribution in [0.15, 0.2) is 42.5 Å². The van der Waals surface area contributed by atoms with E-state index in [1.54, 1.807) is 6.07 Å². The largest absolute Gasteiger partial charge is 0.358 e. The van der Waals surface area contributed by atoms with Crippen molar-refractivity contribution in [3.05, 3.63) is 65.4 Å². The minimum atomic E-state index is -0.282. The number of carbonyl (C=O) groups excluding carboxylic acids is 1. The standard InChI is InChI=1S/C24H25FN4O/c1-15-18(19-12-17(25)9-10-20(19)26-15)13-23(30)29-11-5-6-16(14-29)24-27-21-7-3-4-8-22(21)28(24)2/h3-4,7-10,12,16,26H,5-6,11,13-14H2,1-2H3. The highest BCUT2D eigenvalue weighted by Gasteiger charge is 2.28. The average Bonchev–Trinajstić information content (AvgIpc) is 3.25. The van der Waals surface area contributed by atoms with Gasteiger partial charge in [-0.3, -0.25) is 4.79 Å². The van der Waals surface area contributed by atoms with Crippen LogP contribution in [0.2, 0.25) is 0 Å². The Labute approximate surface area is 174 Å². The topological polar surface area (TPSA) is 53.9 Å². The first-order valence-corrected chi connectivity index (χ1v) is 10.5. The maximum Gasteiger partial charge on any atom is 0.227 e. The van der Waals surface area contributed by atoms with E-state index in [1.807, 2.05) is 30.0 Å². The number of carbonyl (C=O) groups is 1. The van der Waals surface area contributed by atoms with Crippen LogP contribution in [0, 0.1) is 12.7 Å². The first-order chi connectivity index (χ1) is 14.5. The number of aryl methyl sites for hydroxylation is 2. The molecule has 0 radical (unpaired) electrons. The zero-order chi connectivity index (χ0) is 20.8. The Morgan fingerprint density at radius 3 is 2.93 bits per heavy atom. The predicted molar refractivity (Wildman–Crippen MR) is 116 cm³/mol. The average molecular weight is 404 g/mol. The maximum absolute atomic E-state index is 13.8. The smallest absolute Gasteiger partial charge is 0.227 e. The SMILES string of the molecule is Cc1[nH]c2ccc(F)cc2c1CC(=O)N1CCCC(c2nc3ccccc3n2C)C1. The third kappa shape index (κ3) is 3.16. The molecule has 0 saturated carbocycles. The molecule has 1 N–H and O–H groups in total. The van der Waals surface area contributed by atoms with Crippen LogP contribution in [0.25, 0.3) is 21.9 Å². The third-order valence-electron chi connectivity index (χ3n) is 6.37. The summed E-state index contributed by atoms with van der Waals surface area (Å²) in [6.45, 7) is 3.37. The van der Waals surface area contributed by atoms with Gasteiger partial charge in [-0.2, -0.15) is 0 Å². The molecule has 1 unspecified atom stereocenters. The number of hydrogen-bond acceptors (Lipinski definition) is 2. The van der Waals surface area contributed by atoms with Crippen LogP contribution in [0.5, 0.6) is 0 Å². The van der Waals surface area contributed by atoms with Crippen molar-refractivity contribution in [3.63, 3.8) is 0 Å². The summed E-state index contributed by atoms with van der Waals surface area (Å²) in [6.07, 6.45) is 2.27. The summed E-state index contributed by atoms with van der Waals surface area (Å²) in [4.78, 5) is 23.2. The van der Waals surface area contributed by atoms with E-state index in [2.05, 4.69) is 22.7 Å². The van der Waals surface area contributed by atoms with Crippen molar-refractivity contribution in [2.24, 2.45) is 7.05 Å². The Bertz CT molecular complexity index is 1260. The van der Waals surface area contributed by atoms with Crippen LogP contribution in [0.3, 0.4) is 0 Å². The Morgan fingerprint density at radius 2 is 2.10 bits per heavy atom. The van der Waals surface area contributed by atoms with Crippen LogP contribution in [-0.4, -0.2) is 38.4 Å². The summed E-state index contributed by atoms with van der Waals surface area (Å²) in [5.41, 5.74) is 4.79. The molecule has 0 spiro atoms. The lowest BCUT2D eigenvalue weighted by atomic mass is 9.96. The molecule has 0 bridgehead atoms. The van der Waals surface area contributed by atoms with Gasteiger partial charge in [0, 0.05) is 42.7 Å². The number of nitrogens with one attached hydrogen (secondary N) is 1. The molecule has 1 amide bonds. The Morgan fingerprint density at radius 1 is 1.27 bits per heavy atom. The number of rotatable bonds is 3. The summed E-state index contributed by atoms with van der Waals surface area (Å²) in [6, 6.07) is 12.8. The van der Waals surface area contributed by atoms with Crippen LogP contribution in [0.1, 0.15) is 35.8 Å². The highest BCUT2D eigenvalue weighted by atomic mass is 19.1. The minimum absolute atomic E-state index is 0.0896. The second-order valence-corrected chi connectivity index (χ2v) is 8.29. The van der Waals surface area contributed by atoms with E-state index in [1.165, 1.54) is 12.1 Å². The second-order valence-electron chi connectivity index (χ2n) is 8.29. The fraction of sp³-hybridized carbons (Fsp3) is 0.333. The third-order valence-corrected chi connectivity index (χ3v) is 6.37. The number of benzene rings is 2. The van der Waals surface area contributed by atoms with Gasteiger partial charge in [-0.1, -0.05) is 12.1 Å². The van der Waals surface area contributed by atoms with E-state index < -0.39 is 0 Å². The molecule has 1 atom stereocenters. The molecule has 1 fully saturated rings. The molecule has 1 saturated heterocycles. The van der Waals surface area contributed by atoms with Gasteiger partial charge in [0.05, 0.1) is 17.5 Å². The molecule has 30 heavy (non-hydrogen) atoms. The van der Waals surface area contributed by atoms with Crippen LogP contribution >= 0.6 is 0 Å². The van der Waals surface area contributed by atoms with Gasteiger partial charge in [-0.05, 0) is 55.7 Å². The quantitative estimate of drug-likeness (QED) is 0.548. The van der Waals surface area contributed by atoms with Crippen LogP contribution < -0.4 is 0 Å². The number of imidazole rings is 1. The Hall–Kier alpha value is -3.15. The number of aromatic amines is 1. The number of nitrogens with zero attached hydrogens (tertiary/aromatic N) is 3. The number of para-hydroxylation sites is 2. The molecule has 5 rings (SSSR count). The molecular weight excluding hydrogens is 379 g/mol. The normalized spacial score (nSPS) is 17.2. The van der Waals surface area contributed by atoms with Gasteiger partial charge in [-0.15, -0.1) is 0 Å². The van der Waals surface area contributed by atoms with Gasteiger partial charge in [0.2, 0.25) is 5.91 Å². The number of amides is 1. The number of H-pyrrole nitrogens is 1. The van der Waals surface area contributed by atoms with Crippen molar-refractivity contribution in [3.8, 4) is 0 Å². The minimum Gasteiger partial charge on any atom is -0.358 e. The summed E-state index contributed by atoms with van der Waals surface area (Å²) < 4.78 is 15.9. The van der Waals surface area contributed by atoms with Gasteiger partial charge in [0.15, 0.2) is 0 Å². The second kappa shape index (κ2) is 7.27. The van der Waals surface area contributed by atoms with E-state index >= 15 is 0 Å². The number of halogens is 1. The molecule has 5 nitrogen and oxygen atoms in total. The zero-order valence-electron chi connectivity index (χ0n) is 17.3. The van der Waals surface area contributed by atoms with E-state index in [0.29, 0.717) is 6.54 Å². The fourth-order valence-electron chi connectivity index (χ4n) is 4.79. The van der Waals surface area contributed by atoms with Crippen molar-refractivity contribution >= 4 is 27.8 Å². The fourth-order valence-corrected chi connectivity index (χ4v) is 4.79. The van der Waals surface area contributed by atoms with Gasteiger partial charge in [0.25, 0.3) is 0 Å². The number of aromatic nitrogens is 3. The van der Waals surface area contributed by atoms with Crippen molar-refractivity contribution in [2.75, 3.05) is 13.1 Å². The van der Waals surface area contributed by atoms with Crippen molar-refractivity contribution in [2.45, 2.75) is 32.1 Å². The molecule has 0 aliphatic carbocycles. The lowest BCUT2D eigenvalue weighted by molar-refractivity contribution is -0.131. The summed E-state index contributed by atoms with van der Waals surface area (Å²) in [7, 11) is 2.05. The number of likely N-dealkylation sites (tertiary alicyclic amines) is 1. The monoisotopic (exact) mass is 404 g/mol. The molecular formula is C24H25FN4O. The van der Waals surface area contributed by atoms with Gasteiger partial charge < -0.3 is 14.5 Å². The molecule has 1 aliphatic heterocycles. The predicted octanol–water partition coefficient (Wildman–Crippen LogP) is 4.45. The number of hydrogen-bond donors (Lipinski definition) is 1. The van der Waals surface area contributed by atoms with Crippen LogP contribution in [-0.2, 0) is 18.3 Å². The van der Waals surface area contributed by atoms with E-state index in [9.17, 15) is 9.18 Å². The molecule has 4 aromatic rings. The molecule has 154 valence electrons. The molecule has 3 heterocycles. The van der Waals surface area contributed by atoms with Crippen molar-refractivity contribution in [1.29, 1.82) is 0 Å². The van der Waals surface area contributed by atoms with E-state index in [4.69, 9.17) is 4.98 Å².